The number of amides is 1. The van der Waals surface area contributed by atoms with E-state index < -0.39 is 4.92 Å². The molecule has 8 heteroatoms. The van der Waals surface area contributed by atoms with Crippen molar-refractivity contribution >= 4 is 33.2 Å². The summed E-state index contributed by atoms with van der Waals surface area (Å²) >= 11 is 3.10. The lowest BCUT2D eigenvalue weighted by Gasteiger charge is -2.06. The molecule has 0 unspecified atom stereocenters. The van der Waals surface area contributed by atoms with Crippen molar-refractivity contribution in [3.05, 3.63) is 62.4 Å². The van der Waals surface area contributed by atoms with Gasteiger partial charge in [0.25, 0.3) is 11.6 Å². The number of anilines is 1. The molecule has 0 spiro atoms. The first-order valence-corrected chi connectivity index (χ1v) is 6.71. The number of aromatic nitrogens is 1. The van der Waals surface area contributed by atoms with Crippen LogP contribution < -0.4 is 11.1 Å². The molecule has 0 aliphatic heterocycles. The molecule has 3 N–H and O–H groups in total. The Labute approximate surface area is 128 Å². The van der Waals surface area contributed by atoms with Gasteiger partial charge < -0.3 is 11.1 Å². The van der Waals surface area contributed by atoms with Crippen molar-refractivity contribution in [2.24, 2.45) is 5.73 Å². The number of halogens is 1. The van der Waals surface area contributed by atoms with Gasteiger partial charge in [-0.2, -0.15) is 0 Å². The van der Waals surface area contributed by atoms with E-state index in [4.69, 9.17) is 5.73 Å². The highest BCUT2D eigenvalue weighted by atomic mass is 79.9. The third-order valence-electron chi connectivity index (χ3n) is 2.69. The number of benzene rings is 1. The number of nitro groups is 1. The van der Waals surface area contributed by atoms with E-state index in [-0.39, 0.29) is 18.1 Å². The summed E-state index contributed by atoms with van der Waals surface area (Å²) in [5.74, 6) is -0.340. The molecule has 0 saturated carbocycles. The fraction of sp³-hybridized carbons (Fsp3) is 0.0769. The number of carbonyl (C=O) groups is 1. The minimum absolute atomic E-state index is 0.0673. The quantitative estimate of drug-likeness (QED) is 0.649. The van der Waals surface area contributed by atoms with Crippen LogP contribution in [-0.2, 0) is 6.54 Å². The minimum atomic E-state index is -0.508. The van der Waals surface area contributed by atoms with Gasteiger partial charge in [0.2, 0.25) is 0 Å². The highest BCUT2D eigenvalue weighted by Gasteiger charge is 2.13. The van der Waals surface area contributed by atoms with Gasteiger partial charge in [-0.1, -0.05) is 0 Å². The number of rotatable bonds is 4. The van der Waals surface area contributed by atoms with Gasteiger partial charge in [0.15, 0.2) is 0 Å². The van der Waals surface area contributed by atoms with Crippen LogP contribution in [0, 0.1) is 10.1 Å². The summed E-state index contributed by atoms with van der Waals surface area (Å²) in [7, 11) is 0. The van der Waals surface area contributed by atoms with Crippen LogP contribution in [0.15, 0.2) is 41.0 Å². The molecule has 1 aromatic carbocycles. The fourth-order valence-electron chi connectivity index (χ4n) is 1.67. The molecule has 2 rings (SSSR count). The monoisotopic (exact) mass is 350 g/mol. The normalized spacial score (nSPS) is 10.2. The van der Waals surface area contributed by atoms with E-state index in [2.05, 4.69) is 26.2 Å². The van der Waals surface area contributed by atoms with Crippen LogP contribution in [0.25, 0.3) is 0 Å². The molecular formula is C13H11BrN4O3. The van der Waals surface area contributed by atoms with Gasteiger partial charge in [-0.3, -0.25) is 19.9 Å². The molecule has 1 heterocycles. The van der Waals surface area contributed by atoms with Crippen LogP contribution in [0.2, 0.25) is 0 Å². The maximum absolute atomic E-state index is 12.1. The number of hydrogen-bond donors (Lipinski definition) is 2. The number of nitrogens with two attached hydrogens (primary N) is 1. The summed E-state index contributed by atoms with van der Waals surface area (Å²) in [6.07, 6.45) is 1.50. The molecule has 0 fully saturated rings. The van der Waals surface area contributed by atoms with Gasteiger partial charge >= 0.3 is 0 Å². The molecule has 0 bridgehead atoms. The Kier molecular flexibility index (Phi) is 4.61. The van der Waals surface area contributed by atoms with Crippen molar-refractivity contribution in [3.8, 4) is 0 Å². The van der Waals surface area contributed by atoms with E-state index in [1.165, 1.54) is 24.4 Å². The van der Waals surface area contributed by atoms with Crippen LogP contribution in [0.3, 0.4) is 0 Å². The molecule has 2 aromatic rings. The third kappa shape index (κ3) is 3.61. The van der Waals surface area contributed by atoms with Gasteiger partial charge in [-0.25, -0.2) is 0 Å². The first-order valence-electron chi connectivity index (χ1n) is 5.91. The van der Waals surface area contributed by atoms with Gasteiger partial charge in [0, 0.05) is 30.1 Å². The molecule has 108 valence electrons. The Morgan fingerprint density at radius 1 is 1.38 bits per heavy atom. The zero-order valence-corrected chi connectivity index (χ0v) is 12.3. The molecule has 7 nitrogen and oxygen atoms in total. The van der Waals surface area contributed by atoms with Crippen molar-refractivity contribution < 1.29 is 9.72 Å². The van der Waals surface area contributed by atoms with E-state index in [1.54, 1.807) is 12.1 Å². The predicted octanol–water partition coefficient (Wildman–Crippen LogP) is 2.46. The van der Waals surface area contributed by atoms with Crippen molar-refractivity contribution in [1.29, 1.82) is 0 Å². The summed E-state index contributed by atoms with van der Waals surface area (Å²) in [5.41, 5.74) is 6.87. The van der Waals surface area contributed by atoms with Crippen molar-refractivity contribution in [2.45, 2.75) is 6.54 Å². The standard InChI is InChI=1S/C13H11BrN4O3/c14-11-6-9(1-2-12(11)18(20)21)17-13(19)8-3-4-16-10(5-8)7-15/h1-6H,7,15H2,(H,17,19). The van der Waals surface area contributed by atoms with Crippen molar-refractivity contribution in [3.63, 3.8) is 0 Å². The lowest BCUT2D eigenvalue weighted by atomic mass is 10.2. The SMILES string of the molecule is NCc1cc(C(=O)Nc2ccc([N+](=O)[O-])c(Br)c2)ccn1. The first kappa shape index (κ1) is 15.1. The number of pyridine rings is 1. The van der Waals surface area contributed by atoms with E-state index in [1.807, 2.05) is 0 Å². The molecule has 21 heavy (non-hydrogen) atoms. The Balaban J connectivity index is 2.19. The van der Waals surface area contributed by atoms with Gasteiger partial charge in [0.05, 0.1) is 15.1 Å². The number of hydrogen-bond acceptors (Lipinski definition) is 5. The summed E-state index contributed by atoms with van der Waals surface area (Å²) in [6.45, 7) is 0.240. The minimum Gasteiger partial charge on any atom is -0.325 e. The summed E-state index contributed by atoms with van der Waals surface area (Å²) in [6, 6.07) is 7.41. The largest absolute Gasteiger partial charge is 0.325 e. The van der Waals surface area contributed by atoms with Crippen molar-refractivity contribution in [2.75, 3.05) is 5.32 Å². The summed E-state index contributed by atoms with van der Waals surface area (Å²) in [5, 5.41) is 13.4. The van der Waals surface area contributed by atoms with Crippen LogP contribution in [-0.4, -0.2) is 15.8 Å². The van der Waals surface area contributed by atoms with Gasteiger partial charge in [-0.05, 0) is 40.2 Å². The maximum atomic E-state index is 12.1. The Bertz CT molecular complexity index is 706. The number of carbonyl (C=O) groups excluding carboxylic acids is 1. The predicted molar refractivity (Wildman–Crippen MR) is 80.9 cm³/mol. The first-order chi connectivity index (χ1) is 10.0. The Hall–Kier alpha value is -2.32. The Morgan fingerprint density at radius 2 is 2.14 bits per heavy atom. The summed E-state index contributed by atoms with van der Waals surface area (Å²) < 4.78 is 0.294. The topological polar surface area (TPSA) is 111 Å². The molecular weight excluding hydrogens is 340 g/mol. The molecule has 0 radical (unpaired) electrons. The van der Waals surface area contributed by atoms with E-state index in [0.29, 0.717) is 21.4 Å². The van der Waals surface area contributed by atoms with E-state index in [0.717, 1.165) is 0 Å². The van der Waals surface area contributed by atoms with Crippen LogP contribution in [0.1, 0.15) is 16.1 Å². The lowest BCUT2D eigenvalue weighted by Crippen LogP contribution is -2.13. The number of nitro benzene ring substituents is 1. The number of nitrogens with one attached hydrogen (secondary N) is 1. The average Bonchev–Trinajstić information content (AvgIpc) is 2.47. The highest BCUT2D eigenvalue weighted by Crippen LogP contribution is 2.27. The second-order valence-corrected chi connectivity index (χ2v) is 4.97. The van der Waals surface area contributed by atoms with Crippen LogP contribution in [0.5, 0.6) is 0 Å². The van der Waals surface area contributed by atoms with Crippen molar-refractivity contribution in [1.82, 2.24) is 4.98 Å². The van der Waals surface area contributed by atoms with Gasteiger partial charge in [-0.15, -0.1) is 0 Å². The second kappa shape index (κ2) is 6.42. The Morgan fingerprint density at radius 3 is 2.76 bits per heavy atom. The average molecular weight is 351 g/mol. The molecule has 0 atom stereocenters. The zero-order valence-electron chi connectivity index (χ0n) is 10.7. The second-order valence-electron chi connectivity index (χ2n) is 4.12. The third-order valence-corrected chi connectivity index (χ3v) is 3.33. The fourth-order valence-corrected chi connectivity index (χ4v) is 2.19. The molecule has 0 aliphatic rings. The summed E-state index contributed by atoms with van der Waals surface area (Å²) in [4.78, 5) is 26.3. The molecule has 1 amide bonds. The maximum Gasteiger partial charge on any atom is 0.283 e. The molecule has 1 aromatic heterocycles. The van der Waals surface area contributed by atoms with E-state index >= 15 is 0 Å². The van der Waals surface area contributed by atoms with Crippen LogP contribution >= 0.6 is 15.9 Å². The highest BCUT2D eigenvalue weighted by molar-refractivity contribution is 9.10. The zero-order chi connectivity index (χ0) is 15.4. The molecule has 0 aliphatic carbocycles. The lowest BCUT2D eigenvalue weighted by molar-refractivity contribution is -0.385. The number of nitrogens with zero attached hydrogens (tertiary/aromatic N) is 2. The van der Waals surface area contributed by atoms with Crippen LogP contribution in [0.4, 0.5) is 11.4 Å². The van der Waals surface area contributed by atoms with Gasteiger partial charge in [0.1, 0.15) is 0 Å². The van der Waals surface area contributed by atoms with E-state index in [9.17, 15) is 14.9 Å². The molecule has 0 saturated heterocycles. The smallest absolute Gasteiger partial charge is 0.283 e.